The fraction of sp³-hybridized carbons (Fsp3) is 0.632. The van der Waals surface area contributed by atoms with Gasteiger partial charge in [0.15, 0.2) is 0 Å². The lowest BCUT2D eigenvalue weighted by Crippen LogP contribution is -2.54. The minimum absolute atomic E-state index is 0.0471. The Bertz CT molecular complexity index is 643. The summed E-state index contributed by atoms with van der Waals surface area (Å²) in [6, 6.07) is 5.43. The SMILES string of the molecule is CC(C)[C@H]1C(=O)N[C@H](CO)Cc2ccc(OC3(CN)CC3)cc2N1C. The first-order chi connectivity index (χ1) is 11.9. The largest absolute Gasteiger partial charge is 0.486 e. The highest BCUT2D eigenvalue weighted by molar-refractivity contribution is 5.86. The van der Waals surface area contributed by atoms with E-state index < -0.39 is 0 Å². The number of rotatable bonds is 5. The van der Waals surface area contributed by atoms with Crippen molar-refractivity contribution in [2.75, 3.05) is 25.1 Å². The summed E-state index contributed by atoms with van der Waals surface area (Å²) in [5, 5.41) is 12.6. The zero-order valence-electron chi connectivity index (χ0n) is 15.3. The predicted octanol–water partition coefficient (Wildman–Crippen LogP) is 1.05. The Balaban J connectivity index is 1.97. The van der Waals surface area contributed by atoms with Gasteiger partial charge in [0.1, 0.15) is 17.4 Å². The number of likely N-dealkylation sites (N-methyl/N-ethyl adjacent to an activating group) is 1. The number of carbonyl (C=O) groups is 1. The van der Waals surface area contributed by atoms with Gasteiger partial charge in [-0.2, -0.15) is 0 Å². The molecular weight excluding hydrogens is 318 g/mol. The normalized spacial score (nSPS) is 25.0. The Morgan fingerprint density at radius 2 is 2.16 bits per heavy atom. The van der Waals surface area contributed by atoms with Crippen LogP contribution in [-0.4, -0.2) is 48.9 Å². The topological polar surface area (TPSA) is 87.8 Å². The van der Waals surface area contributed by atoms with E-state index in [0.29, 0.717) is 13.0 Å². The van der Waals surface area contributed by atoms with Gasteiger partial charge in [0.2, 0.25) is 5.91 Å². The smallest absolute Gasteiger partial charge is 0.243 e. The second kappa shape index (κ2) is 6.84. The van der Waals surface area contributed by atoms with Gasteiger partial charge in [0.05, 0.1) is 12.6 Å². The minimum Gasteiger partial charge on any atom is -0.486 e. The molecule has 1 aliphatic carbocycles. The molecule has 0 unspecified atom stereocenters. The average molecular weight is 347 g/mol. The molecule has 1 heterocycles. The standard InChI is InChI=1S/C19H29N3O3/c1-12(2)17-18(24)21-14(10-23)8-13-4-5-15(9-16(13)22(17)3)25-19(11-20)6-7-19/h4-5,9,12,14,17,23H,6-8,10-11,20H2,1-3H3,(H,21,24)/t14-,17-/m0/s1. The number of anilines is 1. The van der Waals surface area contributed by atoms with E-state index in [2.05, 4.69) is 5.32 Å². The van der Waals surface area contributed by atoms with Crippen molar-refractivity contribution >= 4 is 11.6 Å². The van der Waals surface area contributed by atoms with Crippen LogP contribution in [0.5, 0.6) is 5.75 Å². The van der Waals surface area contributed by atoms with Crippen LogP contribution in [0.2, 0.25) is 0 Å². The van der Waals surface area contributed by atoms with Crippen LogP contribution in [0.3, 0.4) is 0 Å². The molecule has 6 heteroatoms. The quantitative estimate of drug-likeness (QED) is 0.741. The molecule has 1 amide bonds. The molecule has 2 aliphatic rings. The van der Waals surface area contributed by atoms with E-state index in [0.717, 1.165) is 29.8 Å². The zero-order chi connectivity index (χ0) is 18.2. The first-order valence-corrected chi connectivity index (χ1v) is 9.05. The third kappa shape index (κ3) is 3.60. The number of hydrogen-bond donors (Lipinski definition) is 3. The summed E-state index contributed by atoms with van der Waals surface area (Å²) in [4.78, 5) is 14.7. The van der Waals surface area contributed by atoms with Crippen molar-refractivity contribution in [3.8, 4) is 5.75 Å². The van der Waals surface area contributed by atoms with Crippen LogP contribution in [0.4, 0.5) is 5.69 Å². The highest BCUT2D eigenvalue weighted by atomic mass is 16.5. The number of aliphatic hydroxyl groups excluding tert-OH is 1. The Kier molecular flexibility index (Phi) is 4.93. The summed E-state index contributed by atoms with van der Waals surface area (Å²) in [5.41, 5.74) is 7.69. The van der Waals surface area contributed by atoms with Crippen molar-refractivity contribution in [3.63, 3.8) is 0 Å². The van der Waals surface area contributed by atoms with E-state index in [1.54, 1.807) is 0 Å². The van der Waals surface area contributed by atoms with Crippen LogP contribution in [0.25, 0.3) is 0 Å². The average Bonchev–Trinajstić information content (AvgIpc) is 3.34. The number of ether oxygens (including phenoxy) is 1. The number of nitrogens with two attached hydrogens (primary N) is 1. The summed E-state index contributed by atoms with van der Waals surface area (Å²) < 4.78 is 6.12. The third-order valence-corrected chi connectivity index (χ3v) is 5.30. The molecule has 0 bridgehead atoms. The van der Waals surface area contributed by atoms with E-state index in [4.69, 9.17) is 10.5 Å². The molecule has 1 aromatic carbocycles. The molecule has 0 spiro atoms. The molecule has 0 radical (unpaired) electrons. The highest BCUT2D eigenvalue weighted by Gasteiger charge is 2.44. The van der Waals surface area contributed by atoms with Crippen LogP contribution in [0, 0.1) is 5.92 Å². The molecule has 1 saturated carbocycles. The maximum absolute atomic E-state index is 12.7. The van der Waals surface area contributed by atoms with Gasteiger partial charge in [-0.15, -0.1) is 0 Å². The Hall–Kier alpha value is -1.79. The summed E-state index contributed by atoms with van der Waals surface area (Å²) >= 11 is 0. The van der Waals surface area contributed by atoms with Crippen molar-refractivity contribution in [2.24, 2.45) is 11.7 Å². The number of hydrogen-bond acceptors (Lipinski definition) is 5. The van der Waals surface area contributed by atoms with Crippen molar-refractivity contribution < 1.29 is 14.6 Å². The van der Waals surface area contributed by atoms with Gasteiger partial charge in [0, 0.05) is 25.3 Å². The van der Waals surface area contributed by atoms with Crippen LogP contribution in [0.15, 0.2) is 18.2 Å². The number of carbonyl (C=O) groups excluding carboxylic acids is 1. The van der Waals surface area contributed by atoms with Gasteiger partial charge in [-0.3, -0.25) is 4.79 Å². The lowest BCUT2D eigenvalue weighted by Gasteiger charge is -2.37. The number of aliphatic hydroxyl groups is 1. The number of amides is 1. The zero-order valence-corrected chi connectivity index (χ0v) is 15.3. The molecule has 1 aliphatic heterocycles. The Morgan fingerprint density at radius 3 is 2.72 bits per heavy atom. The van der Waals surface area contributed by atoms with E-state index in [-0.39, 0.29) is 36.1 Å². The van der Waals surface area contributed by atoms with Crippen molar-refractivity contribution in [3.05, 3.63) is 23.8 Å². The summed E-state index contributed by atoms with van der Waals surface area (Å²) in [5.74, 6) is 0.880. The maximum Gasteiger partial charge on any atom is 0.243 e. The van der Waals surface area contributed by atoms with Gasteiger partial charge in [-0.1, -0.05) is 19.9 Å². The Morgan fingerprint density at radius 1 is 1.44 bits per heavy atom. The van der Waals surface area contributed by atoms with Crippen molar-refractivity contribution in [1.82, 2.24) is 5.32 Å². The van der Waals surface area contributed by atoms with E-state index in [9.17, 15) is 9.90 Å². The summed E-state index contributed by atoms with van der Waals surface area (Å²) in [6.07, 6.45) is 2.56. The molecule has 0 aromatic heterocycles. The number of nitrogens with one attached hydrogen (secondary N) is 1. The monoisotopic (exact) mass is 347 g/mol. The van der Waals surface area contributed by atoms with Gasteiger partial charge >= 0.3 is 0 Å². The lowest BCUT2D eigenvalue weighted by atomic mass is 9.95. The second-order valence-electron chi connectivity index (χ2n) is 7.67. The molecule has 3 rings (SSSR count). The van der Waals surface area contributed by atoms with Gasteiger partial charge in [-0.05, 0) is 36.8 Å². The fourth-order valence-corrected chi connectivity index (χ4v) is 3.63. The second-order valence-corrected chi connectivity index (χ2v) is 7.67. The number of nitrogens with zero attached hydrogens (tertiary/aromatic N) is 1. The van der Waals surface area contributed by atoms with Gasteiger partial charge in [0.25, 0.3) is 0 Å². The first-order valence-electron chi connectivity index (χ1n) is 9.05. The minimum atomic E-state index is -0.298. The molecule has 1 aromatic rings. The number of benzene rings is 1. The van der Waals surface area contributed by atoms with E-state index >= 15 is 0 Å². The molecule has 6 nitrogen and oxygen atoms in total. The lowest BCUT2D eigenvalue weighted by molar-refractivity contribution is -0.124. The van der Waals surface area contributed by atoms with Crippen molar-refractivity contribution in [2.45, 2.75) is 50.8 Å². The van der Waals surface area contributed by atoms with Crippen molar-refractivity contribution in [1.29, 1.82) is 0 Å². The van der Waals surface area contributed by atoms with Crippen LogP contribution in [-0.2, 0) is 11.2 Å². The molecule has 0 saturated heterocycles. The molecule has 4 N–H and O–H groups in total. The molecular formula is C19H29N3O3. The summed E-state index contributed by atoms with van der Waals surface area (Å²) in [7, 11) is 1.95. The maximum atomic E-state index is 12.7. The fourth-order valence-electron chi connectivity index (χ4n) is 3.63. The van der Waals surface area contributed by atoms with Crippen LogP contribution >= 0.6 is 0 Å². The first kappa shape index (κ1) is 18.0. The van der Waals surface area contributed by atoms with E-state index in [1.165, 1.54) is 0 Å². The molecule has 2 atom stereocenters. The predicted molar refractivity (Wildman–Crippen MR) is 97.8 cm³/mol. The molecule has 25 heavy (non-hydrogen) atoms. The van der Waals surface area contributed by atoms with E-state index in [1.807, 2.05) is 44.0 Å². The van der Waals surface area contributed by atoms with Gasteiger partial charge < -0.3 is 25.8 Å². The number of fused-ring (bicyclic) bond motifs is 1. The highest BCUT2D eigenvalue weighted by Crippen LogP contribution is 2.41. The molecule has 1 fully saturated rings. The van der Waals surface area contributed by atoms with Crippen LogP contribution < -0.4 is 20.7 Å². The van der Waals surface area contributed by atoms with Gasteiger partial charge in [-0.25, -0.2) is 0 Å². The van der Waals surface area contributed by atoms with Crippen LogP contribution in [0.1, 0.15) is 32.3 Å². The third-order valence-electron chi connectivity index (χ3n) is 5.30. The molecule has 138 valence electrons. The Labute approximate surface area is 149 Å². The summed E-state index contributed by atoms with van der Waals surface area (Å²) in [6.45, 7) is 4.51.